The van der Waals surface area contributed by atoms with Crippen LogP contribution in [0.3, 0.4) is 0 Å². The Kier molecular flexibility index (Phi) is 5.96. The van der Waals surface area contributed by atoms with Gasteiger partial charge in [0.1, 0.15) is 12.1 Å². The highest BCUT2D eigenvalue weighted by Gasteiger charge is 2.35. The number of methoxy groups -OCH3 is 1. The van der Waals surface area contributed by atoms with E-state index in [1.165, 1.54) is 11.0 Å². The molecule has 9 heteroatoms. The Balaban J connectivity index is 1.58. The minimum absolute atomic E-state index is 0.207. The lowest BCUT2D eigenvalue weighted by molar-refractivity contribution is 0.0487. The zero-order valence-corrected chi connectivity index (χ0v) is 17.3. The van der Waals surface area contributed by atoms with Crippen molar-refractivity contribution >= 4 is 17.5 Å². The predicted octanol–water partition coefficient (Wildman–Crippen LogP) is 2.80. The molecule has 4 rings (SSSR count). The molecule has 1 saturated heterocycles. The number of nitrogens with one attached hydrogen (secondary N) is 1. The fraction of sp³-hybridized carbons (Fsp3) is 0.333. The third-order valence-electron chi connectivity index (χ3n) is 5.54. The smallest absolute Gasteiger partial charge is 0.253 e. The molecule has 156 valence electrons. The van der Waals surface area contributed by atoms with E-state index in [4.69, 9.17) is 21.1 Å². The van der Waals surface area contributed by atoms with Crippen LogP contribution in [0.1, 0.15) is 28.8 Å². The summed E-state index contributed by atoms with van der Waals surface area (Å²) in [4.78, 5) is 13.1. The summed E-state index contributed by atoms with van der Waals surface area (Å²) >= 11 is 6.13. The molecule has 1 aliphatic heterocycles. The molecule has 0 radical (unpaired) electrons. The third-order valence-corrected chi connectivity index (χ3v) is 5.77. The van der Waals surface area contributed by atoms with Crippen LogP contribution in [-0.4, -0.2) is 53.0 Å². The molecule has 0 unspecified atom stereocenters. The SMILES string of the molecule is COc1ccc(C2(CNC(=O)c3ccc(Cl)cc3-n3cnnn3)CCOCC2)cc1. The average Bonchev–Trinajstić information content (AvgIpc) is 3.33. The van der Waals surface area contributed by atoms with Crippen LogP contribution in [0.2, 0.25) is 5.02 Å². The molecular weight excluding hydrogens is 406 g/mol. The van der Waals surface area contributed by atoms with Gasteiger partial charge in [-0.05, 0) is 59.2 Å². The molecule has 0 saturated carbocycles. The van der Waals surface area contributed by atoms with Gasteiger partial charge in [0.05, 0.1) is 18.4 Å². The van der Waals surface area contributed by atoms with Gasteiger partial charge in [-0.25, -0.2) is 0 Å². The van der Waals surface area contributed by atoms with Crippen LogP contribution in [0.25, 0.3) is 5.69 Å². The highest BCUT2D eigenvalue weighted by atomic mass is 35.5. The summed E-state index contributed by atoms with van der Waals surface area (Å²) in [6.45, 7) is 1.79. The standard InChI is InChI=1S/C21H22ClN5O3/c1-29-17-5-2-15(3-6-17)21(8-10-30-11-9-21)13-23-20(28)18-7-4-16(22)12-19(18)27-14-24-25-26-27/h2-7,12,14H,8-11,13H2,1H3,(H,23,28). The number of carbonyl (C=O) groups is 1. The quantitative estimate of drug-likeness (QED) is 0.650. The summed E-state index contributed by atoms with van der Waals surface area (Å²) in [6.07, 6.45) is 3.07. The van der Waals surface area contributed by atoms with E-state index < -0.39 is 0 Å². The van der Waals surface area contributed by atoms with E-state index in [0.29, 0.717) is 36.0 Å². The summed E-state index contributed by atoms with van der Waals surface area (Å²) in [7, 11) is 1.65. The fourth-order valence-corrected chi connectivity index (χ4v) is 3.94. The largest absolute Gasteiger partial charge is 0.497 e. The van der Waals surface area contributed by atoms with E-state index in [1.807, 2.05) is 12.1 Å². The first-order valence-electron chi connectivity index (χ1n) is 9.65. The maximum Gasteiger partial charge on any atom is 0.253 e. The molecular formula is C21H22ClN5O3. The molecule has 1 fully saturated rings. The summed E-state index contributed by atoms with van der Waals surface area (Å²) in [6, 6.07) is 13.0. The Morgan fingerprint density at radius 3 is 2.67 bits per heavy atom. The topological polar surface area (TPSA) is 91.2 Å². The molecule has 8 nitrogen and oxygen atoms in total. The second kappa shape index (κ2) is 8.81. The minimum atomic E-state index is -0.212. The Hall–Kier alpha value is -2.97. The second-order valence-corrected chi connectivity index (χ2v) is 7.66. The molecule has 1 amide bonds. The van der Waals surface area contributed by atoms with Gasteiger partial charge in [-0.15, -0.1) is 5.10 Å². The maximum absolute atomic E-state index is 13.1. The van der Waals surface area contributed by atoms with Gasteiger partial charge < -0.3 is 14.8 Å². The number of amides is 1. The number of rotatable bonds is 6. The number of ether oxygens (including phenoxy) is 2. The molecule has 0 spiro atoms. The van der Waals surface area contributed by atoms with Gasteiger partial charge in [-0.3, -0.25) is 4.79 Å². The van der Waals surface area contributed by atoms with Gasteiger partial charge in [0.25, 0.3) is 5.91 Å². The van der Waals surface area contributed by atoms with Gasteiger partial charge in [0.15, 0.2) is 0 Å². The average molecular weight is 428 g/mol. The van der Waals surface area contributed by atoms with E-state index in [2.05, 4.69) is 33.0 Å². The molecule has 30 heavy (non-hydrogen) atoms. The normalized spacial score (nSPS) is 15.5. The molecule has 1 aliphatic rings. The number of hydrogen-bond acceptors (Lipinski definition) is 6. The molecule has 2 heterocycles. The predicted molar refractivity (Wildman–Crippen MR) is 111 cm³/mol. The minimum Gasteiger partial charge on any atom is -0.497 e. The number of tetrazole rings is 1. The number of aromatic nitrogens is 4. The van der Waals surface area contributed by atoms with Crippen molar-refractivity contribution < 1.29 is 14.3 Å². The molecule has 0 aliphatic carbocycles. The molecule has 0 atom stereocenters. The zero-order chi connectivity index (χ0) is 21.0. The van der Waals surface area contributed by atoms with Crippen molar-refractivity contribution in [2.24, 2.45) is 0 Å². The van der Waals surface area contributed by atoms with Gasteiger partial charge in [-0.2, -0.15) is 4.68 Å². The molecule has 3 aromatic rings. The van der Waals surface area contributed by atoms with Crippen molar-refractivity contribution in [3.05, 3.63) is 64.9 Å². The fourth-order valence-electron chi connectivity index (χ4n) is 3.78. The number of carbonyl (C=O) groups excluding carboxylic acids is 1. The highest BCUT2D eigenvalue weighted by Crippen LogP contribution is 2.35. The van der Waals surface area contributed by atoms with Gasteiger partial charge >= 0.3 is 0 Å². The van der Waals surface area contributed by atoms with Crippen molar-refractivity contribution in [3.63, 3.8) is 0 Å². The Labute approximate surface area is 179 Å². The molecule has 0 bridgehead atoms. The zero-order valence-electron chi connectivity index (χ0n) is 16.5. The Morgan fingerprint density at radius 2 is 2.00 bits per heavy atom. The monoisotopic (exact) mass is 427 g/mol. The summed E-state index contributed by atoms with van der Waals surface area (Å²) in [5.41, 5.74) is 1.92. The first-order chi connectivity index (χ1) is 14.6. The van der Waals surface area contributed by atoms with Gasteiger partial charge in [0, 0.05) is 30.2 Å². The maximum atomic E-state index is 13.1. The summed E-state index contributed by atoms with van der Waals surface area (Å²) < 4.78 is 12.3. The van der Waals surface area contributed by atoms with E-state index in [0.717, 1.165) is 24.2 Å². The van der Waals surface area contributed by atoms with Gasteiger partial charge in [-0.1, -0.05) is 23.7 Å². The highest BCUT2D eigenvalue weighted by molar-refractivity contribution is 6.31. The number of hydrogen-bond donors (Lipinski definition) is 1. The van der Waals surface area contributed by atoms with Crippen LogP contribution in [0, 0.1) is 0 Å². The first-order valence-corrected chi connectivity index (χ1v) is 10.0. The number of nitrogens with zero attached hydrogens (tertiary/aromatic N) is 4. The van der Waals surface area contributed by atoms with Crippen molar-refractivity contribution in [2.45, 2.75) is 18.3 Å². The Bertz CT molecular complexity index is 1000. The molecule has 1 aromatic heterocycles. The lowest BCUT2D eigenvalue weighted by Crippen LogP contribution is -2.44. The lowest BCUT2D eigenvalue weighted by atomic mass is 9.74. The van der Waals surface area contributed by atoms with Crippen molar-refractivity contribution in [3.8, 4) is 11.4 Å². The van der Waals surface area contributed by atoms with Crippen LogP contribution in [-0.2, 0) is 10.2 Å². The van der Waals surface area contributed by atoms with Crippen LogP contribution in [0.4, 0.5) is 0 Å². The van der Waals surface area contributed by atoms with Crippen LogP contribution >= 0.6 is 11.6 Å². The van der Waals surface area contributed by atoms with Crippen molar-refractivity contribution in [1.29, 1.82) is 0 Å². The van der Waals surface area contributed by atoms with Crippen molar-refractivity contribution in [2.75, 3.05) is 26.9 Å². The summed E-state index contributed by atoms with van der Waals surface area (Å²) in [5.74, 6) is 0.591. The lowest BCUT2D eigenvalue weighted by Gasteiger charge is -2.38. The molecule has 2 aromatic carbocycles. The van der Waals surface area contributed by atoms with Crippen molar-refractivity contribution in [1.82, 2.24) is 25.5 Å². The van der Waals surface area contributed by atoms with E-state index in [-0.39, 0.29) is 11.3 Å². The van der Waals surface area contributed by atoms with E-state index in [9.17, 15) is 4.79 Å². The first kappa shape index (κ1) is 20.3. The van der Waals surface area contributed by atoms with E-state index >= 15 is 0 Å². The van der Waals surface area contributed by atoms with Gasteiger partial charge in [0.2, 0.25) is 0 Å². The summed E-state index contributed by atoms with van der Waals surface area (Å²) in [5, 5.41) is 14.8. The van der Waals surface area contributed by atoms with Crippen LogP contribution in [0.15, 0.2) is 48.8 Å². The van der Waals surface area contributed by atoms with Crippen LogP contribution in [0.5, 0.6) is 5.75 Å². The number of halogens is 1. The number of benzene rings is 2. The third kappa shape index (κ3) is 4.15. The second-order valence-electron chi connectivity index (χ2n) is 7.22. The van der Waals surface area contributed by atoms with Crippen LogP contribution < -0.4 is 10.1 Å². The van der Waals surface area contributed by atoms with E-state index in [1.54, 1.807) is 25.3 Å². The molecule has 1 N–H and O–H groups in total. The Morgan fingerprint density at radius 1 is 1.23 bits per heavy atom.